The van der Waals surface area contributed by atoms with Crippen molar-refractivity contribution < 1.29 is 36.6 Å². The molecule has 1 aromatic heterocycles. The van der Waals surface area contributed by atoms with E-state index in [-0.39, 0.29) is 37.1 Å². The fourth-order valence-electron chi connectivity index (χ4n) is 4.02. The predicted molar refractivity (Wildman–Crippen MR) is 132 cm³/mol. The molecule has 194 valence electrons. The minimum absolute atomic E-state index is 0.0286. The summed E-state index contributed by atoms with van der Waals surface area (Å²) in [6, 6.07) is 14.8. The van der Waals surface area contributed by atoms with Crippen LogP contribution in [0.5, 0.6) is 11.5 Å². The zero-order valence-corrected chi connectivity index (χ0v) is 20.4. The normalized spacial score (nSPS) is 11.5. The fraction of sp³-hybridized carbons (Fsp3) is 0.250. The second-order valence-electron chi connectivity index (χ2n) is 8.31. The molecule has 0 amide bonds. The Labute approximate surface area is 211 Å². The number of carbonyl (C=O) groups is 1. The van der Waals surface area contributed by atoms with Gasteiger partial charge in [0.1, 0.15) is 23.7 Å². The van der Waals surface area contributed by atoms with E-state index in [1.807, 2.05) is 6.07 Å². The molecule has 0 fully saturated rings. The van der Waals surface area contributed by atoms with Gasteiger partial charge in [-0.3, -0.25) is 4.79 Å². The summed E-state index contributed by atoms with van der Waals surface area (Å²) < 4.78 is 63.6. The van der Waals surface area contributed by atoms with Crippen molar-refractivity contribution in [2.45, 2.75) is 32.7 Å². The van der Waals surface area contributed by atoms with Crippen LogP contribution in [0.2, 0.25) is 0 Å². The molecule has 0 spiro atoms. The molecule has 0 saturated carbocycles. The van der Waals surface area contributed by atoms with Crippen molar-refractivity contribution in [2.24, 2.45) is 5.73 Å². The van der Waals surface area contributed by atoms with E-state index in [4.69, 9.17) is 24.4 Å². The number of benzene rings is 3. The standard InChI is InChI=1S/C28H26F3NO5/c1-3-35-26(33)12-19-7-8-22(34-2)13-25(19)36-15-21-16-37-27-23(21)10-20(11-24(27)28(29,30)31)18-6-4-5-17(9-18)14-32/h4-11,13,16H,3,12,14-15,32H2,1-2H3. The number of alkyl halides is 3. The van der Waals surface area contributed by atoms with Crippen LogP contribution in [0.1, 0.15) is 29.2 Å². The van der Waals surface area contributed by atoms with Gasteiger partial charge in [0, 0.05) is 29.1 Å². The van der Waals surface area contributed by atoms with Crippen LogP contribution in [0.4, 0.5) is 13.2 Å². The third kappa shape index (κ3) is 5.89. The average Bonchev–Trinajstić information content (AvgIpc) is 3.29. The zero-order chi connectivity index (χ0) is 26.6. The molecule has 3 aromatic carbocycles. The minimum atomic E-state index is -4.63. The van der Waals surface area contributed by atoms with Gasteiger partial charge in [-0.15, -0.1) is 0 Å². The molecule has 0 saturated heterocycles. The molecule has 2 N–H and O–H groups in total. The Morgan fingerprint density at radius 2 is 1.84 bits per heavy atom. The molecule has 4 rings (SSSR count). The van der Waals surface area contributed by atoms with Crippen LogP contribution >= 0.6 is 0 Å². The molecular weight excluding hydrogens is 487 g/mol. The Bertz CT molecular complexity index is 1410. The van der Waals surface area contributed by atoms with Gasteiger partial charge >= 0.3 is 12.1 Å². The van der Waals surface area contributed by atoms with Crippen molar-refractivity contribution in [1.29, 1.82) is 0 Å². The highest BCUT2D eigenvalue weighted by molar-refractivity contribution is 5.89. The van der Waals surface area contributed by atoms with E-state index in [1.165, 1.54) is 13.4 Å². The molecule has 9 heteroatoms. The molecule has 1 heterocycles. The Kier molecular flexibility index (Phi) is 7.73. The van der Waals surface area contributed by atoms with Gasteiger partial charge in [0.05, 0.1) is 32.0 Å². The number of hydrogen-bond donors (Lipinski definition) is 1. The maximum absolute atomic E-state index is 14.0. The van der Waals surface area contributed by atoms with E-state index in [2.05, 4.69) is 0 Å². The first kappa shape index (κ1) is 26.1. The number of carbonyl (C=O) groups excluding carboxylic acids is 1. The lowest BCUT2D eigenvalue weighted by atomic mass is 9.97. The minimum Gasteiger partial charge on any atom is -0.497 e. The van der Waals surface area contributed by atoms with Crippen LogP contribution in [-0.2, 0) is 35.3 Å². The van der Waals surface area contributed by atoms with Gasteiger partial charge in [-0.2, -0.15) is 13.2 Å². The summed E-state index contributed by atoms with van der Waals surface area (Å²) in [7, 11) is 1.49. The van der Waals surface area contributed by atoms with E-state index in [0.29, 0.717) is 33.8 Å². The van der Waals surface area contributed by atoms with Crippen molar-refractivity contribution in [3.8, 4) is 22.6 Å². The van der Waals surface area contributed by atoms with E-state index < -0.39 is 17.7 Å². The molecule has 6 nitrogen and oxygen atoms in total. The molecule has 0 aliphatic carbocycles. The summed E-state index contributed by atoms with van der Waals surface area (Å²) in [6.45, 7) is 2.12. The smallest absolute Gasteiger partial charge is 0.420 e. The molecule has 0 aliphatic rings. The highest BCUT2D eigenvalue weighted by Gasteiger charge is 2.35. The van der Waals surface area contributed by atoms with Crippen molar-refractivity contribution in [2.75, 3.05) is 13.7 Å². The SMILES string of the molecule is CCOC(=O)Cc1ccc(OC)cc1OCc1coc2c(C(F)(F)F)cc(-c3cccc(CN)c3)cc12. The van der Waals surface area contributed by atoms with Gasteiger partial charge in [-0.25, -0.2) is 0 Å². The monoisotopic (exact) mass is 513 g/mol. The summed E-state index contributed by atoms with van der Waals surface area (Å²) in [4.78, 5) is 12.0. The van der Waals surface area contributed by atoms with Gasteiger partial charge < -0.3 is 24.4 Å². The maximum atomic E-state index is 14.0. The highest BCUT2D eigenvalue weighted by atomic mass is 19.4. The summed E-state index contributed by atoms with van der Waals surface area (Å²) in [6.07, 6.45) is -3.40. The maximum Gasteiger partial charge on any atom is 0.420 e. The highest BCUT2D eigenvalue weighted by Crippen LogP contribution is 2.40. The Morgan fingerprint density at radius 3 is 2.54 bits per heavy atom. The fourth-order valence-corrected chi connectivity index (χ4v) is 4.02. The van der Waals surface area contributed by atoms with Crippen LogP contribution in [0.3, 0.4) is 0 Å². The molecule has 37 heavy (non-hydrogen) atoms. The van der Waals surface area contributed by atoms with Crippen molar-refractivity contribution in [1.82, 2.24) is 0 Å². The van der Waals surface area contributed by atoms with E-state index in [0.717, 1.165) is 11.6 Å². The topological polar surface area (TPSA) is 83.9 Å². The predicted octanol–water partition coefficient (Wildman–Crippen LogP) is 6.27. The number of ether oxygens (including phenoxy) is 3. The molecule has 0 atom stereocenters. The van der Waals surface area contributed by atoms with Gasteiger partial charge in [-0.05, 0) is 47.9 Å². The number of rotatable bonds is 9. The number of methoxy groups -OCH3 is 1. The van der Waals surface area contributed by atoms with Gasteiger partial charge in [0.25, 0.3) is 0 Å². The summed E-state index contributed by atoms with van der Waals surface area (Å²) in [5, 5.41) is 0.276. The van der Waals surface area contributed by atoms with Crippen LogP contribution in [0, 0.1) is 0 Å². The Morgan fingerprint density at radius 1 is 1.03 bits per heavy atom. The first-order valence-electron chi connectivity index (χ1n) is 11.6. The lowest BCUT2D eigenvalue weighted by Gasteiger charge is -2.13. The third-order valence-electron chi connectivity index (χ3n) is 5.85. The average molecular weight is 514 g/mol. The number of nitrogens with two attached hydrogens (primary N) is 1. The molecule has 0 unspecified atom stereocenters. The second-order valence-corrected chi connectivity index (χ2v) is 8.31. The molecule has 4 aromatic rings. The van der Waals surface area contributed by atoms with Crippen molar-refractivity contribution in [3.63, 3.8) is 0 Å². The first-order valence-corrected chi connectivity index (χ1v) is 11.6. The largest absolute Gasteiger partial charge is 0.497 e. The molecule has 0 radical (unpaired) electrons. The summed E-state index contributed by atoms with van der Waals surface area (Å²) >= 11 is 0. The number of hydrogen-bond acceptors (Lipinski definition) is 6. The van der Waals surface area contributed by atoms with Gasteiger partial charge in [-0.1, -0.05) is 24.3 Å². The number of esters is 1. The lowest BCUT2D eigenvalue weighted by molar-refractivity contribution is -0.142. The number of furan rings is 1. The Balaban J connectivity index is 1.73. The van der Waals surface area contributed by atoms with Crippen molar-refractivity contribution >= 4 is 16.9 Å². The zero-order valence-electron chi connectivity index (χ0n) is 20.4. The molecular formula is C28H26F3NO5. The third-order valence-corrected chi connectivity index (χ3v) is 5.85. The number of fused-ring (bicyclic) bond motifs is 1. The van der Waals surface area contributed by atoms with E-state index in [1.54, 1.807) is 49.4 Å². The van der Waals surface area contributed by atoms with E-state index in [9.17, 15) is 18.0 Å². The number of halogens is 3. The first-order chi connectivity index (χ1) is 17.7. The second kappa shape index (κ2) is 11.0. The van der Waals surface area contributed by atoms with Crippen LogP contribution in [-0.4, -0.2) is 19.7 Å². The van der Waals surface area contributed by atoms with Crippen LogP contribution in [0.25, 0.3) is 22.1 Å². The quantitative estimate of drug-likeness (QED) is 0.266. The van der Waals surface area contributed by atoms with E-state index >= 15 is 0 Å². The molecule has 0 bridgehead atoms. The summed E-state index contributed by atoms with van der Waals surface area (Å²) in [5.74, 6) is 0.427. The summed E-state index contributed by atoms with van der Waals surface area (Å²) in [5.41, 5.74) is 7.32. The van der Waals surface area contributed by atoms with Crippen molar-refractivity contribution in [3.05, 3.63) is 83.1 Å². The van der Waals surface area contributed by atoms with Crippen LogP contribution < -0.4 is 15.2 Å². The molecule has 0 aliphatic heterocycles. The van der Waals surface area contributed by atoms with Crippen LogP contribution in [0.15, 0.2) is 65.3 Å². The Hall–Kier alpha value is -3.98. The van der Waals surface area contributed by atoms with Gasteiger partial charge in [0.15, 0.2) is 0 Å². The lowest BCUT2D eigenvalue weighted by Crippen LogP contribution is -2.09. The van der Waals surface area contributed by atoms with Gasteiger partial charge in [0.2, 0.25) is 0 Å².